The van der Waals surface area contributed by atoms with E-state index in [1.165, 1.54) is 29.7 Å². The molecule has 5 rings (SSSR count). The largest absolute Gasteiger partial charge is 0.495 e. The van der Waals surface area contributed by atoms with Crippen LogP contribution in [0.3, 0.4) is 0 Å². The van der Waals surface area contributed by atoms with Crippen LogP contribution >= 0.6 is 0 Å². The number of rotatable bonds is 8. The minimum absolute atomic E-state index is 0.243. The molecule has 3 aliphatic rings. The molecular formula is C27H35N3O2. The van der Waals surface area contributed by atoms with E-state index in [4.69, 9.17) is 4.74 Å². The molecule has 1 amide bonds. The van der Waals surface area contributed by atoms with Gasteiger partial charge in [-0.15, -0.1) is 0 Å². The minimum atomic E-state index is -0.259. The van der Waals surface area contributed by atoms with Crippen LogP contribution in [0, 0.1) is 0 Å². The smallest absolute Gasteiger partial charge is 0.235 e. The van der Waals surface area contributed by atoms with Gasteiger partial charge >= 0.3 is 0 Å². The molecule has 0 saturated carbocycles. The van der Waals surface area contributed by atoms with E-state index in [1.807, 2.05) is 12.1 Å². The Bertz CT molecular complexity index is 967. The fourth-order valence-electron chi connectivity index (χ4n) is 6.06. The van der Waals surface area contributed by atoms with E-state index in [-0.39, 0.29) is 11.3 Å². The number of hydrogen-bond donors (Lipinski definition) is 1. The Morgan fingerprint density at radius 3 is 2.69 bits per heavy atom. The fraction of sp³-hybridized carbons (Fsp3) is 0.519. The van der Waals surface area contributed by atoms with Crippen molar-refractivity contribution in [2.45, 2.75) is 50.4 Å². The van der Waals surface area contributed by atoms with Gasteiger partial charge in [0.1, 0.15) is 5.75 Å². The van der Waals surface area contributed by atoms with Crippen molar-refractivity contribution in [1.29, 1.82) is 0 Å². The van der Waals surface area contributed by atoms with E-state index in [1.54, 1.807) is 7.11 Å². The summed E-state index contributed by atoms with van der Waals surface area (Å²) in [6.07, 6.45) is 7.77. The molecular weight excluding hydrogens is 398 g/mol. The molecule has 5 nitrogen and oxygen atoms in total. The highest BCUT2D eigenvalue weighted by Gasteiger charge is 2.48. The van der Waals surface area contributed by atoms with E-state index in [2.05, 4.69) is 45.4 Å². The zero-order valence-corrected chi connectivity index (χ0v) is 19.2. The number of para-hydroxylation sites is 2. The molecule has 0 radical (unpaired) electrons. The van der Waals surface area contributed by atoms with E-state index in [0.29, 0.717) is 0 Å². The van der Waals surface area contributed by atoms with Crippen molar-refractivity contribution in [3.63, 3.8) is 0 Å². The molecule has 1 fully saturated rings. The molecule has 170 valence electrons. The highest BCUT2D eigenvalue weighted by Crippen LogP contribution is 2.49. The number of ether oxygens (including phenoxy) is 1. The minimum Gasteiger partial charge on any atom is -0.495 e. The van der Waals surface area contributed by atoms with Crippen LogP contribution in [0.15, 0.2) is 42.5 Å². The Morgan fingerprint density at radius 2 is 1.84 bits per heavy atom. The third-order valence-corrected chi connectivity index (χ3v) is 7.74. The summed E-state index contributed by atoms with van der Waals surface area (Å²) >= 11 is 0. The third kappa shape index (κ3) is 3.88. The Labute approximate surface area is 191 Å². The Morgan fingerprint density at radius 1 is 1.00 bits per heavy atom. The maximum Gasteiger partial charge on any atom is 0.235 e. The van der Waals surface area contributed by atoms with Gasteiger partial charge in [0.15, 0.2) is 0 Å². The first-order chi connectivity index (χ1) is 15.7. The number of amides is 1. The molecule has 0 spiro atoms. The van der Waals surface area contributed by atoms with Gasteiger partial charge in [-0.05, 0) is 68.0 Å². The number of benzene rings is 2. The average Bonchev–Trinajstić information content (AvgIpc) is 3.12. The molecule has 0 bridgehead atoms. The number of anilines is 2. The molecule has 2 aromatic rings. The topological polar surface area (TPSA) is 44.8 Å². The predicted molar refractivity (Wildman–Crippen MR) is 130 cm³/mol. The summed E-state index contributed by atoms with van der Waals surface area (Å²) in [6, 6.07) is 14.7. The van der Waals surface area contributed by atoms with Crippen molar-refractivity contribution in [1.82, 2.24) is 4.90 Å². The Balaban J connectivity index is 1.09. The number of piperazine rings is 1. The summed E-state index contributed by atoms with van der Waals surface area (Å²) in [5.41, 5.74) is 4.73. The van der Waals surface area contributed by atoms with Crippen LogP contribution in [-0.2, 0) is 16.6 Å². The average molecular weight is 434 g/mol. The molecule has 1 atom stereocenters. The number of hydrogen-bond acceptors (Lipinski definition) is 4. The number of nitrogens with zero attached hydrogens (tertiary/aromatic N) is 2. The second-order valence-electron chi connectivity index (χ2n) is 9.54. The third-order valence-electron chi connectivity index (χ3n) is 7.74. The predicted octanol–water partition coefficient (Wildman–Crippen LogP) is 4.60. The van der Waals surface area contributed by atoms with Crippen LogP contribution in [0.2, 0.25) is 0 Å². The fourth-order valence-corrected chi connectivity index (χ4v) is 6.06. The van der Waals surface area contributed by atoms with Gasteiger partial charge in [0.05, 0.1) is 18.2 Å². The molecule has 1 saturated heterocycles. The second kappa shape index (κ2) is 9.14. The number of carbonyl (C=O) groups excluding carboxylic acids is 1. The lowest BCUT2D eigenvalue weighted by molar-refractivity contribution is -0.121. The summed E-state index contributed by atoms with van der Waals surface area (Å²) < 4.78 is 5.53. The van der Waals surface area contributed by atoms with Gasteiger partial charge in [-0.2, -0.15) is 0 Å². The van der Waals surface area contributed by atoms with E-state index in [9.17, 15) is 4.79 Å². The van der Waals surface area contributed by atoms with Crippen LogP contribution < -0.4 is 15.0 Å². The van der Waals surface area contributed by atoms with Crippen LogP contribution in [0.25, 0.3) is 0 Å². The highest BCUT2D eigenvalue weighted by molar-refractivity contribution is 6.07. The summed E-state index contributed by atoms with van der Waals surface area (Å²) in [4.78, 5) is 18.0. The summed E-state index contributed by atoms with van der Waals surface area (Å²) in [5.74, 6) is 1.20. The summed E-state index contributed by atoms with van der Waals surface area (Å²) in [6.45, 7) is 5.44. The van der Waals surface area contributed by atoms with Gasteiger partial charge in [-0.25, -0.2) is 0 Å². The SMILES string of the molecule is COc1ccccc1N1CCN(CCCCCC23CCCc4cccc(c42)NC3=O)CC1. The molecule has 1 unspecified atom stereocenters. The lowest BCUT2D eigenvalue weighted by Crippen LogP contribution is -2.46. The van der Waals surface area contributed by atoms with Crippen LogP contribution in [0.4, 0.5) is 11.4 Å². The number of aryl methyl sites for hydroxylation is 1. The quantitative estimate of drug-likeness (QED) is 0.618. The highest BCUT2D eigenvalue weighted by atomic mass is 16.5. The van der Waals surface area contributed by atoms with Gasteiger partial charge in [0.25, 0.3) is 0 Å². The standard InChI is InChI=1S/C27H35N3O2/c1-32-24-13-4-3-12-23(24)30-19-17-29(18-20-30)16-6-2-5-14-27-15-8-10-21-9-7-11-22(25(21)27)28-26(27)31/h3-4,7,9,11-13H,2,5-6,8,10,14-20H2,1H3,(H,28,31). The monoisotopic (exact) mass is 433 g/mol. The normalized spacial score (nSPS) is 22.5. The lowest BCUT2D eigenvalue weighted by Gasteiger charge is -2.36. The van der Waals surface area contributed by atoms with Crippen LogP contribution in [0.5, 0.6) is 5.75 Å². The lowest BCUT2D eigenvalue weighted by atomic mass is 9.68. The summed E-state index contributed by atoms with van der Waals surface area (Å²) in [7, 11) is 1.75. The van der Waals surface area contributed by atoms with Gasteiger partial charge in [0, 0.05) is 31.9 Å². The number of nitrogens with one attached hydrogen (secondary N) is 1. The first kappa shape index (κ1) is 21.3. The molecule has 32 heavy (non-hydrogen) atoms. The maximum atomic E-state index is 12.9. The van der Waals surface area contributed by atoms with Crippen LogP contribution in [-0.4, -0.2) is 50.6 Å². The molecule has 1 aliphatic carbocycles. The number of methoxy groups -OCH3 is 1. The van der Waals surface area contributed by atoms with E-state index < -0.39 is 0 Å². The molecule has 2 heterocycles. The molecule has 2 aromatic carbocycles. The van der Waals surface area contributed by atoms with Gasteiger partial charge in [0.2, 0.25) is 5.91 Å². The van der Waals surface area contributed by atoms with Crippen molar-refractivity contribution in [3.05, 3.63) is 53.6 Å². The zero-order valence-electron chi connectivity index (χ0n) is 19.2. The first-order valence-corrected chi connectivity index (χ1v) is 12.3. The first-order valence-electron chi connectivity index (χ1n) is 12.3. The van der Waals surface area contributed by atoms with Crippen molar-refractivity contribution in [3.8, 4) is 5.75 Å². The molecule has 5 heteroatoms. The van der Waals surface area contributed by atoms with Crippen molar-refractivity contribution >= 4 is 17.3 Å². The Kier molecular flexibility index (Phi) is 6.09. The van der Waals surface area contributed by atoms with Gasteiger partial charge < -0.3 is 15.0 Å². The molecule has 2 aliphatic heterocycles. The van der Waals surface area contributed by atoms with Gasteiger partial charge in [-0.3, -0.25) is 9.69 Å². The van der Waals surface area contributed by atoms with Crippen molar-refractivity contribution < 1.29 is 9.53 Å². The molecule has 1 N–H and O–H groups in total. The number of unbranched alkanes of at least 4 members (excludes halogenated alkanes) is 2. The van der Waals surface area contributed by atoms with Crippen molar-refractivity contribution in [2.24, 2.45) is 0 Å². The summed E-state index contributed by atoms with van der Waals surface area (Å²) in [5, 5.41) is 3.18. The number of carbonyl (C=O) groups is 1. The van der Waals surface area contributed by atoms with Crippen molar-refractivity contribution in [2.75, 3.05) is 50.1 Å². The zero-order chi connectivity index (χ0) is 22.0. The van der Waals surface area contributed by atoms with Gasteiger partial charge in [-0.1, -0.05) is 37.1 Å². The van der Waals surface area contributed by atoms with E-state index in [0.717, 1.165) is 76.3 Å². The van der Waals surface area contributed by atoms with Crippen LogP contribution in [0.1, 0.15) is 49.7 Å². The molecule has 0 aromatic heterocycles. The maximum absolute atomic E-state index is 12.9. The Hall–Kier alpha value is -2.53. The van der Waals surface area contributed by atoms with E-state index >= 15 is 0 Å². The second-order valence-corrected chi connectivity index (χ2v) is 9.54.